The van der Waals surface area contributed by atoms with Crippen LogP contribution in [0.1, 0.15) is 48.8 Å². The molecule has 0 aromatic heterocycles. The van der Waals surface area contributed by atoms with Crippen molar-refractivity contribution < 1.29 is 18.3 Å². The summed E-state index contributed by atoms with van der Waals surface area (Å²) in [7, 11) is 1.70. The molecule has 4 nitrogen and oxygen atoms in total. The zero-order valence-electron chi connectivity index (χ0n) is 23.0. The first kappa shape index (κ1) is 27.6. The van der Waals surface area contributed by atoms with Gasteiger partial charge in [-0.1, -0.05) is 42.8 Å². The molecule has 1 fully saturated rings. The quantitative estimate of drug-likeness (QED) is 0.357. The minimum absolute atomic E-state index is 0.232. The highest BCUT2D eigenvalue weighted by Gasteiger charge is 2.36. The number of likely N-dealkylation sites (tertiary alicyclic amines) is 1. The molecule has 0 unspecified atom stereocenters. The summed E-state index contributed by atoms with van der Waals surface area (Å²) in [6.07, 6.45) is 6.80. The lowest BCUT2D eigenvalue weighted by Crippen LogP contribution is -2.46. The highest BCUT2D eigenvalue weighted by Crippen LogP contribution is 2.39. The number of ether oxygens (including phenoxy) is 2. The second-order valence-corrected chi connectivity index (χ2v) is 11.2. The van der Waals surface area contributed by atoms with Gasteiger partial charge in [-0.3, -0.25) is 9.80 Å². The van der Waals surface area contributed by atoms with Gasteiger partial charge in [0.25, 0.3) is 0 Å². The van der Waals surface area contributed by atoms with Crippen LogP contribution in [0.15, 0.2) is 66.7 Å². The van der Waals surface area contributed by atoms with E-state index in [-0.39, 0.29) is 5.41 Å². The summed E-state index contributed by atoms with van der Waals surface area (Å²) < 4.78 is 38.9. The van der Waals surface area contributed by atoms with E-state index in [4.69, 9.17) is 9.47 Å². The van der Waals surface area contributed by atoms with Crippen molar-refractivity contribution >= 4 is 0 Å². The minimum atomic E-state index is -0.784. The second kappa shape index (κ2) is 12.9. The third kappa shape index (κ3) is 7.37. The Labute approximate surface area is 231 Å². The summed E-state index contributed by atoms with van der Waals surface area (Å²) in [5.41, 5.74) is 3.64. The van der Waals surface area contributed by atoms with Crippen LogP contribution in [-0.4, -0.2) is 49.7 Å². The van der Waals surface area contributed by atoms with Gasteiger partial charge in [-0.2, -0.15) is 0 Å². The van der Waals surface area contributed by atoms with E-state index < -0.39 is 11.6 Å². The molecule has 0 radical (unpaired) electrons. The van der Waals surface area contributed by atoms with E-state index in [0.29, 0.717) is 13.2 Å². The Bertz CT molecular complexity index is 1210. The minimum Gasteiger partial charge on any atom is -0.497 e. The van der Waals surface area contributed by atoms with Crippen LogP contribution in [0, 0.1) is 17.0 Å². The molecule has 2 heterocycles. The van der Waals surface area contributed by atoms with Gasteiger partial charge < -0.3 is 9.47 Å². The maximum atomic E-state index is 13.8. The molecule has 3 aromatic carbocycles. The number of piperidine rings is 1. The molecular weight excluding hydrogens is 494 g/mol. The molecule has 0 amide bonds. The van der Waals surface area contributed by atoms with Crippen molar-refractivity contribution in [3.05, 3.63) is 95.1 Å². The summed E-state index contributed by atoms with van der Waals surface area (Å²) in [5, 5.41) is 0. The van der Waals surface area contributed by atoms with Gasteiger partial charge in [-0.15, -0.1) is 0 Å². The molecule has 208 valence electrons. The molecule has 6 heteroatoms. The van der Waals surface area contributed by atoms with Crippen molar-refractivity contribution in [2.24, 2.45) is 5.41 Å². The summed E-state index contributed by atoms with van der Waals surface area (Å²) in [6, 6.07) is 21.1. The van der Waals surface area contributed by atoms with E-state index in [9.17, 15) is 8.78 Å². The van der Waals surface area contributed by atoms with Crippen molar-refractivity contribution in [3.8, 4) is 11.5 Å². The van der Waals surface area contributed by atoms with E-state index in [1.54, 1.807) is 13.2 Å². The molecule has 2 aliphatic rings. The van der Waals surface area contributed by atoms with Crippen LogP contribution in [0.5, 0.6) is 11.5 Å². The van der Waals surface area contributed by atoms with Gasteiger partial charge in [0.2, 0.25) is 0 Å². The molecule has 0 aliphatic carbocycles. The number of benzene rings is 3. The third-order valence-corrected chi connectivity index (χ3v) is 8.47. The van der Waals surface area contributed by atoms with Crippen molar-refractivity contribution in [2.75, 3.05) is 39.9 Å². The summed E-state index contributed by atoms with van der Waals surface area (Å²) in [6.45, 7) is 6.02. The van der Waals surface area contributed by atoms with E-state index >= 15 is 0 Å². The van der Waals surface area contributed by atoms with Crippen molar-refractivity contribution in [1.29, 1.82) is 0 Å². The SMILES string of the molecule is COc1ccc(CN2CCOc3ccccc3CCCCC3(CCN(Cc4ccc(F)c(F)c4)CC3)C2)cc1. The molecule has 2 aliphatic heterocycles. The van der Waals surface area contributed by atoms with Crippen LogP contribution < -0.4 is 9.47 Å². The van der Waals surface area contributed by atoms with Crippen molar-refractivity contribution in [1.82, 2.24) is 9.80 Å². The second-order valence-electron chi connectivity index (χ2n) is 11.2. The molecule has 0 saturated carbocycles. The van der Waals surface area contributed by atoms with Crippen molar-refractivity contribution in [2.45, 2.75) is 51.6 Å². The fourth-order valence-electron chi connectivity index (χ4n) is 6.20. The predicted octanol–water partition coefficient (Wildman–Crippen LogP) is 6.86. The normalized spacial score (nSPS) is 18.9. The highest BCUT2D eigenvalue weighted by atomic mass is 19.2. The maximum absolute atomic E-state index is 13.8. The number of nitrogens with zero attached hydrogens (tertiary/aromatic N) is 2. The topological polar surface area (TPSA) is 24.9 Å². The van der Waals surface area contributed by atoms with E-state index in [1.807, 2.05) is 12.1 Å². The van der Waals surface area contributed by atoms with Gasteiger partial charge >= 0.3 is 0 Å². The van der Waals surface area contributed by atoms with Gasteiger partial charge in [0.15, 0.2) is 11.6 Å². The molecule has 1 spiro atoms. The Morgan fingerprint density at radius 1 is 0.795 bits per heavy atom. The van der Waals surface area contributed by atoms with Gasteiger partial charge in [-0.05, 0) is 97.6 Å². The van der Waals surface area contributed by atoms with Crippen LogP contribution in [-0.2, 0) is 19.5 Å². The Kier molecular flexibility index (Phi) is 9.15. The van der Waals surface area contributed by atoms with Crippen LogP contribution in [0.25, 0.3) is 0 Å². The first-order chi connectivity index (χ1) is 19.0. The first-order valence-corrected chi connectivity index (χ1v) is 14.2. The molecule has 39 heavy (non-hydrogen) atoms. The largest absolute Gasteiger partial charge is 0.497 e. The number of hydrogen-bond acceptors (Lipinski definition) is 4. The summed E-state index contributed by atoms with van der Waals surface area (Å²) in [5.74, 6) is 0.339. The predicted molar refractivity (Wildman–Crippen MR) is 151 cm³/mol. The van der Waals surface area contributed by atoms with E-state index in [2.05, 4.69) is 46.2 Å². The Balaban J connectivity index is 1.30. The Morgan fingerprint density at radius 2 is 1.54 bits per heavy atom. The molecular formula is C33H40F2N2O2. The lowest BCUT2D eigenvalue weighted by atomic mass is 9.73. The number of methoxy groups -OCH3 is 1. The average molecular weight is 535 g/mol. The number of aryl methyl sites for hydroxylation is 1. The summed E-state index contributed by atoms with van der Waals surface area (Å²) in [4.78, 5) is 4.96. The van der Waals surface area contributed by atoms with E-state index in [1.165, 1.54) is 36.1 Å². The Hall–Kier alpha value is -2.96. The van der Waals surface area contributed by atoms with Crippen molar-refractivity contribution in [3.63, 3.8) is 0 Å². The zero-order chi connectivity index (χ0) is 27.1. The number of halogens is 2. The van der Waals surface area contributed by atoms with Crippen LogP contribution >= 0.6 is 0 Å². The number of fused-ring (bicyclic) bond motifs is 1. The standard InChI is InChI=1S/C33H40F2N2O2/c1-38-29-12-9-26(10-13-29)23-37-20-21-39-32-8-3-2-6-28(32)7-4-5-15-33(25-37)16-18-36(19-17-33)24-27-11-14-30(34)31(35)22-27/h2-3,6,8-14,22H,4-5,7,15-21,23-25H2,1H3. The van der Waals surface area contributed by atoms with Crippen LogP contribution in [0.2, 0.25) is 0 Å². The fraction of sp³-hybridized carbons (Fsp3) is 0.455. The zero-order valence-corrected chi connectivity index (χ0v) is 23.0. The molecule has 3 aromatic rings. The molecule has 0 N–H and O–H groups in total. The highest BCUT2D eigenvalue weighted by molar-refractivity contribution is 5.33. The third-order valence-electron chi connectivity index (χ3n) is 8.47. The van der Waals surface area contributed by atoms with Crippen LogP contribution in [0.4, 0.5) is 8.78 Å². The smallest absolute Gasteiger partial charge is 0.159 e. The monoisotopic (exact) mass is 534 g/mol. The lowest BCUT2D eigenvalue weighted by molar-refractivity contribution is 0.0409. The fourth-order valence-corrected chi connectivity index (χ4v) is 6.20. The lowest BCUT2D eigenvalue weighted by Gasteiger charge is -2.45. The Morgan fingerprint density at radius 3 is 2.31 bits per heavy atom. The number of hydrogen-bond donors (Lipinski definition) is 0. The average Bonchev–Trinajstić information content (AvgIpc) is 2.95. The maximum Gasteiger partial charge on any atom is 0.159 e. The van der Waals surface area contributed by atoms with E-state index in [0.717, 1.165) is 75.5 Å². The molecule has 0 bridgehead atoms. The van der Waals surface area contributed by atoms with Gasteiger partial charge in [-0.25, -0.2) is 8.78 Å². The van der Waals surface area contributed by atoms with Gasteiger partial charge in [0, 0.05) is 26.2 Å². The van der Waals surface area contributed by atoms with Crippen LogP contribution in [0.3, 0.4) is 0 Å². The number of para-hydroxylation sites is 1. The molecule has 0 atom stereocenters. The molecule has 1 saturated heterocycles. The first-order valence-electron chi connectivity index (χ1n) is 14.2. The van der Waals surface area contributed by atoms with Gasteiger partial charge in [0.05, 0.1) is 7.11 Å². The van der Waals surface area contributed by atoms with Gasteiger partial charge in [0.1, 0.15) is 18.1 Å². The number of rotatable bonds is 5. The summed E-state index contributed by atoms with van der Waals surface area (Å²) >= 11 is 0. The molecule has 5 rings (SSSR count).